The van der Waals surface area contributed by atoms with E-state index in [0.29, 0.717) is 18.1 Å². The van der Waals surface area contributed by atoms with Crippen LogP contribution in [0.3, 0.4) is 0 Å². The number of aromatic nitrogens is 2. The van der Waals surface area contributed by atoms with Crippen LogP contribution >= 0.6 is 0 Å². The zero-order valence-corrected chi connectivity index (χ0v) is 11.2. The molecule has 0 saturated heterocycles. The number of nitrogen functional groups attached to an aromatic ring is 1. The molecular formula is C12H13N5O4. The molecule has 2 heterocycles. The smallest absolute Gasteiger partial charge is 0.300 e. The maximum Gasteiger partial charge on any atom is 0.300 e. The molecule has 0 unspecified atom stereocenters. The summed E-state index contributed by atoms with van der Waals surface area (Å²) < 4.78 is 5.32. The van der Waals surface area contributed by atoms with Crippen molar-refractivity contribution in [2.24, 2.45) is 0 Å². The molecule has 9 heteroatoms. The van der Waals surface area contributed by atoms with E-state index in [2.05, 4.69) is 15.3 Å². The molecule has 0 aliphatic carbocycles. The standard InChI is InChI=1S/C12H13N5O4/c1-2-7-4-15-11(21-7)6-16-12(18)8-3-10(13)14-5-9(8)17(19)20/h3-5H,2,6H2,1H3,(H2,13,14)(H,16,18). The zero-order valence-electron chi connectivity index (χ0n) is 11.2. The number of hydrogen-bond donors (Lipinski definition) is 2. The van der Waals surface area contributed by atoms with Crippen LogP contribution < -0.4 is 11.1 Å². The van der Waals surface area contributed by atoms with Crippen molar-refractivity contribution in [3.05, 3.63) is 45.8 Å². The van der Waals surface area contributed by atoms with Crippen molar-refractivity contribution in [3.8, 4) is 0 Å². The maximum absolute atomic E-state index is 12.0. The number of amides is 1. The van der Waals surface area contributed by atoms with Gasteiger partial charge in [-0.1, -0.05) is 6.92 Å². The first kappa shape index (κ1) is 14.4. The lowest BCUT2D eigenvalue weighted by Gasteiger charge is -2.04. The van der Waals surface area contributed by atoms with Crippen LogP contribution in [0.4, 0.5) is 11.5 Å². The monoisotopic (exact) mass is 291 g/mol. The van der Waals surface area contributed by atoms with Crippen LogP contribution in [0.1, 0.15) is 28.9 Å². The molecule has 1 amide bonds. The Labute approximate surface area is 119 Å². The Balaban J connectivity index is 2.13. The van der Waals surface area contributed by atoms with E-state index in [4.69, 9.17) is 10.2 Å². The summed E-state index contributed by atoms with van der Waals surface area (Å²) in [6, 6.07) is 1.15. The summed E-state index contributed by atoms with van der Waals surface area (Å²) in [5, 5.41) is 13.4. The SMILES string of the molecule is CCc1cnc(CNC(=O)c2cc(N)ncc2[N+](=O)[O-])o1. The number of carbonyl (C=O) groups is 1. The predicted molar refractivity (Wildman–Crippen MR) is 72.4 cm³/mol. The van der Waals surface area contributed by atoms with E-state index < -0.39 is 16.5 Å². The molecule has 0 aliphatic heterocycles. The summed E-state index contributed by atoms with van der Waals surface area (Å²) in [5.74, 6) is 0.394. The Morgan fingerprint density at radius 2 is 2.24 bits per heavy atom. The van der Waals surface area contributed by atoms with Gasteiger partial charge in [0.1, 0.15) is 23.3 Å². The van der Waals surface area contributed by atoms with Crippen molar-refractivity contribution in [1.29, 1.82) is 0 Å². The molecule has 0 fully saturated rings. The van der Waals surface area contributed by atoms with Gasteiger partial charge in [-0.2, -0.15) is 0 Å². The first-order valence-electron chi connectivity index (χ1n) is 6.13. The molecular weight excluding hydrogens is 278 g/mol. The van der Waals surface area contributed by atoms with E-state index in [1.165, 1.54) is 0 Å². The largest absolute Gasteiger partial charge is 0.444 e. The third kappa shape index (κ3) is 3.32. The molecule has 0 radical (unpaired) electrons. The van der Waals surface area contributed by atoms with Gasteiger partial charge in [-0.25, -0.2) is 9.97 Å². The van der Waals surface area contributed by atoms with Gasteiger partial charge in [0, 0.05) is 6.42 Å². The summed E-state index contributed by atoms with van der Waals surface area (Å²) in [6.45, 7) is 1.93. The lowest BCUT2D eigenvalue weighted by molar-refractivity contribution is -0.385. The molecule has 9 nitrogen and oxygen atoms in total. The van der Waals surface area contributed by atoms with Crippen LogP contribution in [-0.4, -0.2) is 20.8 Å². The van der Waals surface area contributed by atoms with Crippen molar-refractivity contribution >= 4 is 17.4 Å². The molecule has 3 N–H and O–H groups in total. The number of nitrogens with one attached hydrogen (secondary N) is 1. The fourth-order valence-corrected chi connectivity index (χ4v) is 1.64. The van der Waals surface area contributed by atoms with Gasteiger partial charge >= 0.3 is 0 Å². The highest BCUT2D eigenvalue weighted by molar-refractivity contribution is 5.98. The van der Waals surface area contributed by atoms with Crippen LogP contribution in [-0.2, 0) is 13.0 Å². The first-order chi connectivity index (χ1) is 10.0. The van der Waals surface area contributed by atoms with E-state index in [1.54, 1.807) is 6.20 Å². The van der Waals surface area contributed by atoms with Crippen LogP contribution in [0.5, 0.6) is 0 Å². The second-order valence-corrected chi connectivity index (χ2v) is 4.14. The summed E-state index contributed by atoms with van der Waals surface area (Å²) in [4.78, 5) is 29.8. The third-order valence-electron chi connectivity index (χ3n) is 2.70. The van der Waals surface area contributed by atoms with Crippen molar-refractivity contribution in [2.75, 3.05) is 5.73 Å². The Morgan fingerprint density at radius 3 is 2.86 bits per heavy atom. The number of anilines is 1. The third-order valence-corrected chi connectivity index (χ3v) is 2.70. The molecule has 0 aromatic carbocycles. The molecule has 21 heavy (non-hydrogen) atoms. The molecule has 0 saturated carbocycles. The topological polar surface area (TPSA) is 137 Å². The zero-order chi connectivity index (χ0) is 15.4. The summed E-state index contributed by atoms with van der Waals surface area (Å²) >= 11 is 0. The number of nitrogens with two attached hydrogens (primary N) is 1. The normalized spacial score (nSPS) is 10.3. The van der Waals surface area contributed by atoms with E-state index in [0.717, 1.165) is 12.3 Å². The van der Waals surface area contributed by atoms with E-state index in [9.17, 15) is 14.9 Å². The van der Waals surface area contributed by atoms with E-state index >= 15 is 0 Å². The number of oxazole rings is 1. The minimum Gasteiger partial charge on any atom is -0.444 e. The molecule has 0 spiro atoms. The minimum atomic E-state index is -0.693. The Bertz CT molecular complexity index is 682. The average molecular weight is 291 g/mol. The lowest BCUT2D eigenvalue weighted by atomic mass is 10.2. The number of hydrogen-bond acceptors (Lipinski definition) is 7. The molecule has 110 valence electrons. The molecule has 2 rings (SSSR count). The highest BCUT2D eigenvalue weighted by atomic mass is 16.6. The highest BCUT2D eigenvalue weighted by Gasteiger charge is 2.21. The van der Waals surface area contributed by atoms with Gasteiger partial charge in [-0.05, 0) is 6.07 Å². The predicted octanol–water partition coefficient (Wildman–Crippen LogP) is 1.05. The Morgan fingerprint density at radius 1 is 1.48 bits per heavy atom. The lowest BCUT2D eigenvalue weighted by Crippen LogP contribution is -2.24. The first-order valence-corrected chi connectivity index (χ1v) is 6.13. The van der Waals surface area contributed by atoms with Gasteiger partial charge < -0.3 is 15.5 Å². The number of aryl methyl sites for hydroxylation is 1. The van der Waals surface area contributed by atoms with Crippen molar-refractivity contribution < 1.29 is 14.1 Å². The van der Waals surface area contributed by atoms with Crippen LogP contribution in [0.15, 0.2) is 22.9 Å². The number of nitro groups is 1. The second-order valence-electron chi connectivity index (χ2n) is 4.14. The highest BCUT2D eigenvalue weighted by Crippen LogP contribution is 2.19. The van der Waals surface area contributed by atoms with Crippen LogP contribution in [0, 0.1) is 10.1 Å². The van der Waals surface area contributed by atoms with Gasteiger partial charge in [0.05, 0.1) is 17.7 Å². The van der Waals surface area contributed by atoms with Gasteiger partial charge in [-0.3, -0.25) is 14.9 Å². The van der Waals surface area contributed by atoms with E-state index in [1.807, 2.05) is 6.92 Å². The van der Waals surface area contributed by atoms with Crippen LogP contribution in [0.2, 0.25) is 0 Å². The second kappa shape index (κ2) is 5.99. The quantitative estimate of drug-likeness (QED) is 0.620. The molecule has 0 atom stereocenters. The van der Waals surface area contributed by atoms with E-state index in [-0.39, 0.29) is 17.9 Å². The summed E-state index contributed by atoms with van der Waals surface area (Å²) in [6.07, 6.45) is 3.20. The fraction of sp³-hybridized carbons (Fsp3) is 0.250. The van der Waals surface area contributed by atoms with Crippen molar-refractivity contribution in [2.45, 2.75) is 19.9 Å². The van der Waals surface area contributed by atoms with Gasteiger partial charge in [0.25, 0.3) is 11.6 Å². The number of nitrogens with zero attached hydrogens (tertiary/aromatic N) is 3. The minimum absolute atomic E-state index is 0.0233. The number of carbonyl (C=O) groups excluding carboxylic acids is 1. The summed E-state index contributed by atoms with van der Waals surface area (Å²) in [5.41, 5.74) is 4.88. The molecule has 0 bridgehead atoms. The average Bonchev–Trinajstić information content (AvgIpc) is 2.92. The summed E-state index contributed by atoms with van der Waals surface area (Å²) in [7, 11) is 0. The van der Waals surface area contributed by atoms with Gasteiger partial charge in [0.2, 0.25) is 5.89 Å². The number of pyridine rings is 1. The fourth-order valence-electron chi connectivity index (χ4n) is 1.64. The molecule has 0 aliphatic rings. The Kier molecular flexibility index (Phi) is 4.12. The molecule has 2 aromatic rings. The molecule has 2 aromatic heterocycles. The van der Waals surface area contributed by atoms with Crippen LogP contribution in [0.25, 0.3) is 0 Å². The Hall–Kier alpha value is -2.97. The van der Waals surface area contributed by atoms with Gasteiger partial charge in [0.15, 0.2) is 0 Å². The van der Waals surface area contributed by atoms with Crippen molar-refractivity contribution in [3.63, 3.8) is 0 Å². The van der Waals surface area contributed by atoms with Crippen molar-refractivity contribution in [1.82, 2.24) is 15.3 Å². The van der Waals surface area contributed by atoms with Gasteiger partial charge in [-0.15, -0.1) is 0 Å². The number of rotatable bonds is 5. The maximum atomic E-state index is 12.0.